The molecule has 0 spiro atoms. The largest absolute Gasteiger partial charge is 0.310 e. The van der Waals surface area contributed by atoms with Crippen LogP contribution in [0.5, 0.6) is 0 Å². The smallest absolute Gasteiger partial charge is 0.0534 e. The molecule has 0 bridgehead atoms. The van der Waals surface area contributed by atoms with E-state index in [0.717, 1.165) is 11.4 Å². The summed E-state index contributed by atoms with van der Waals surface area (Å²) in [5, 5.41) is 2.46. The van der Waals surface area contributed by atoms with Crippen molar-refractivity contribution in [1.29, 1.82) is 0 Å². The van der Waals surface area contributed by atoms with E-state index in [2.05, 4.69) is 73.6 Å². The molecule has 102 valence electrons. The Bertz CT molecular complexity index is 743. The molecule has 0 aliphatic heterocycles. The maximum Gasteiger partial charge on any atom is 0.0534 e. The molecular weight excluding hydrogens is 242 g/mol. The Morgan fingerprint density at radius 2 is 1.70 bits per heavy atom. The normalized spacial score (nSPS) is 13.3. The van der Waals surface area contributed by atoms with E-state index in [4.69, 9.17) is 0 Å². The number of hydrogen-bond acceptors (Lipinski definition) is 0. The van der Waals surface area contributed by atoms with Crippen molar-refractivity contribution in [1.82, 2.24) is 4.57 Å². The monoisotopic (exact) mass is 263 g/mol. The maximum atomic E-state index is 4.00. The third-order valence-corrected chi connectivity index (χ3v) is 3.43. The van der Waals surface area contributed by atoms with Crippen molar-refractivity contribution >= 4 is 24.3 Å². The summed E-state index contributed by atoms with van der Waals surface area (Å²) in [6.07, 6.45) is 10.5. The van der Waals surface area contributed by atoms with E-state index in [1.807, 2.05) is 19.1 Å². The van der Waals surface area contributed by atoms with E-state index in [9.17, 15) is 0 Å². The first-order chi connectivity index (χ1) is 9.78. The lowest BCUT2D eigenvalue weighted by molar-refractivity contribution is 1.01. The van der Waals surface area contributed by atoms with Crippen LogP contribution < -0.4 is 10.6 Å². The molecule has 2 aromatic rings. The second kappa shape index (κ2) is 6.25. The van der Waals surface area contributed by atoms with E-state index in [-0.39, 0.29) is 0 Å². The number of benzene rings is 1. The molecule has 2 rings (SSSR count). The number of hydrogen-bond donors (Lipinski definition) is 0. The Hall–Kier alpha value is -2.28. The summed E-state index contributed by atoms with van der Waals surface area (Å²) in [4.78, 5) is 0. The second-order valence-electron chi connectivity index (χ2n) is 4.55. The van der Waals surface area contributed by atoms with Crippen LogP contribution in [-0.4, -0.2) is 4.57 Å². The second-order valence-corrected chi connectivity index (χ2v) is 4.55. The van der Waals surface area contributed by atoms with Crippen LogP contribution in [0.2, 0.25) is 0 Å². The highest BCUT2D eigenvalue weighted by molar-refractivity contribution is 5.67. The summed E-state index contributed by atoms with van der Waals surface area (Å²) >= 11 is 0. The van der Waals surface area contributed by atoms with Gasteiger partial charge in [-0.05, 0) is 39.0 Å². The molecular formula is C19H21N. The molecule has 1 aromatic carbocycles. The minimum atomic E-state index is 1.13. The van der Waals surface area contributed by atoms with Gasteiger partial charge in [0.15, 0.2) is 0 Å². The van der Waals surface area contributed by atoms with Crippen molar-refractivity contribution in [2.24, 2.45) is 0 Å². The van der Waals surface area contributed by atoms with E-state index in [1.54, 1.807) is 0 Å². The van der Waals surface area contributed by atoms with Crippen LogP contribution in [0.1, 0.15) is 32.0 Å². The zero-order valence-electron chi connectivity index (χ0n) is 12.4. The summed E-state index contributed by atoms with van der Waals surface area (Å²) in [5.41, 5.74) is 3.52. The van der Waals surface area contributed by atoms with Crippen LogP contribution in [-0.2, 0) is 0 Å². The van der Waals surface area contributed by atoms with Gasteiger partial charge in [-0.2, -0.15) is 0 Å². The van der Waals surface area contributed by atoms with Crippen molar-refractivity contribution in [2.75, 3.05) is 0 Å². The van der Waals surface area contributed by atoms with E-state index in [0.29, 0.717) is 0 Å². The summed E-state index contributed by atoms with van der Waals surface area (Å²) in [6, 6.07) is 10.4. The number of aromatic nitrogens is 1. The molecule has 0 unspecified atom stereocenters. The van der Waals surface area contributed by atoms with Gasteiger partial charge in [-0.15, -0.1) is 0 Å². The van der Waals surface area contributed by atoms with Crippen LogP contribution >= 0.6 is 0 Å². The number of rotatable bonds is 3. The van der Waals surface area contributed by atoms with Gasteiger partial charge in [-0.3, -0.25) is 0 Å². The summed E-state index contributed by atoms with van der Waals surface area (Å²) < 4.78 is 2.26. The van der Waals surface area contributed by atoms with Gasteiger partial charge < -0.3 is 4.57 Å². The standard InChI is InChI=1S/C19H21N/c1-5-12-17-16(6-2)18(7-3)20(19(17)8-4)15-13-10-9-11-14-15/h5-14H,4H2,1-3H3/b12-5?,16-6-,18-7+. The van der Waals surface area contributed by atoms with Crippen LogP contribution in [0.3, 0.4) is 0 Å². The van der Waals surface area contributed by atoms with Crippen LogP contribution in [0.4, 0.5) is 0 Å². The predicted molar refractivity (Wildman–Crippen MR) is 90.1 cm³/mol. The van der Waals surface area contributed by atoms with Crippen LogP contribution in [0, 0.1) is 0 Å². The van der Waals surface area contributed by atoms with Gasteiger partial charge in [0, 0.05) is 21.8 Å². The lowest BCUT2D eigenvalue weighted by Crippen LogP contribution is -2.28. The SMILES string of the molecule is C=Cc1c(C=CC)c(=C/C)/c(=C\C)n1-c1ccccc1. The quantitative estimate of drug-likeness (QED) is 0.794. The first-order valence-corrected chi connectivity index (χ1v) is 6.96. The average Bonchev–Trinajstić information content (AvgIpc) is 2.81. The molecule has 0 radical (unpaired) electrons. The van der Waals surface area contributed by atoms with Gasteiger partial charge in [0.05, 0.1) is 5.69 Å². The van der Waals surface area contributed by atoms with Gasteiger partial charge in [0.1, 0.15) is 0 Å². The van der Waals surface area contributed by atoms with Crippen molar-refractivity contribution in [3.63, 3.8) is 0 Å². The molecule has 1 heteroatoms. The summed E-state index contributed by atoms with van der Waals surface area (Å²) in [5.74, 6) is 0. The molecule has 0 saturated heterocycles. The summed E-state index contributed by atoms with van der Waals surface area (Å²) in [7, 11) is 0. The third-order valence-electron chi connectivity index (χ3n) is 3.43. The van der Waals surface area contributed by atoms with Gasteiger partial charge in [0.25, 0.3) is 0 Å². The number of para-hydroxylation sites is 1. The fourth-order valence-electron chi connectivity index (χ4n) is 2.63. The van der Waals surface area contributed by atoms with Crippen LogP contribution in [0.25, 0.3) is 30.0 Å². The van der Waals surface area contributed by atoms with Crippen molar-refractivity contribution in [2.45, 2.75) is 20.8 Å². The molecule has 0 amide bonds. The lowest BCUT2D eigenvalue weighted by atomic mass is 10.1. The Kier molecular flexibility index (Phi) is 4.41. The number of nitrogens with zero attached hydrogens (tertiary/aromatic N) is 1. The topological polar surface area (TPSA) is 4.93 Å². The molecule has 0 saturated carbocycles. The zero-order chi connectivity index (χ0) is 14.5. The van der Waals surface area contributed by atoms with E-state index >= 15 is 0 Å². The fraction of sp³-hybridized carbons (Fsp3) is 0.158. The molecule has 0 aliphatic rings. The molecule has 1 nitrogen and oxygen atoms in total. The van der Waals surface area contributed by atoms with Gasteiger partial charge in [-0.1, -0.05) is 49.1 Å². The van der Waals surface area contributed by atoms with E-state index in [1.165, 1.54) is 16.1 Å². The highest BCUT2D eigenvalue weighted by Gasteiger charge is 2.10. The van der Waals surface area contributed by atoms with Gasteiger partial charge >= 0.3 is 0 Å². The molecule has 0 aliphatic carbocycles. The van der Waals surface area contributed by atoms with E-state index < -0.39 is 0 Å². The third kappa shape index (κ3) is 2.27. The number of allylic oxidation sites excluding steroid dienone is 1. The minimum absolute atomic E-state index is 1.13. The Morgan fingerprint density at radius 1 is 1.00 bits per heavy atom. The predicted octanol–water partition coefficient (Wildman–Crippen LogP) is 3.75. The maximum absolute atomic E-state index is 4.00. The molecule has 0 atom stereocenters. The average molecular weight is 263 g/mol. The van der Waals surface area contributed by atoms with Crippen molar-refractivity contribution < 1.29 is 0 Å². The first kappa shape index (κ1) is 14.1. The Balaban J connectivity index is 2.99. The molecule has 1 heterocycles. The Morgan fingerprint density at radius 3 is 2.20 bits per heavy atom. The van der Waals surface area contributed by atoms with Crippen molar-refractivity contribution in [3.05, 3.63) is 64.8 Å². The van der Waals surface area contributed by atoms with Crippen molar-refractivity contribution in [3.8, 4) is 5.69 Å². The molecule has 0 N–H and O–H groups in total. The molecule has 1 aromatic heterocycles. The highest BCUT2D eigenvalue weighted by atomic mass is 15.0. The first-order valence-electron chi connectivity index (χ1n) is 6.96. The zero-order valence-corrected chi connectivity index (χ0v) is 12.4. The lowest BCUT2D eigenvalue weighted by Gasteiger charge is -2.07. The molecule has 20 heavy (non-hydrogen) atoms. The highest BCUT2D eigenvalue weighted by Crippen LogP contribution is 2.14. The van der Waals surface area contributed by atoms with Gasteiger partial charge in [-0.25, -0.2) is 0 Å². The Labute approximate surface area is 120 Å². The summed E-state index contributed by atoms with van der Waals surface area (Å²) in [6.45, 7) is 10.2. The molecule has 0 fully saturated rings. The fourth-order valence-corrected chi connectivity index (χ4v) is 2.63. The van der Waals surface area contributed by atoms with Gasteiger partial charge in [0.2, 0.25) is 0 Å². The van der Waals surface area contributed by atoms with Crippen LogP contribution in [0.15, 0.2) is 43.0 Å². The minimum Gasteiger partial charge on any atom is -0.310 e.